The molecule has 2 atom stereocenters. The third kappa shape index (κ3) is 2.04. The molecule has 0 aromatic heterocycles. The van der Waals surface area contributed by atoms with Crippen molar-refractivity contribution in [3.05, 3.63) is 38.3 Å². The number of carbonyl (C=O) groups is 1. The van der Waals surface area contributed by atoms with Crippen molar-refractivity contribution in [2.24, 2.45) is 5.92 Å². The van der Waals surface area contributed by atoms with Crippen LogP contribution in [0, 0.1) is 16.0 Å². The van der Waals surface area contributed by atoms with Crippen molar-refractivity contribution in [2.45, 2.75) is 25.3 Å². The number of nitrogens with zero attached hydrogens (tertiary/aromatic N) is 2. The summed E-state index contributed by atoms with van der Waals surface area (Å²) in [7, 11) is 0. The number of fused-ring (bicyclic) bond motifs is 2. The first-order chi connectivity index (χ1) is 9.08. The maximum Gasteiger partial charge on any atom is 0.284 e. The number of benzene rings is 1. The molecule has 1 heterocycles. The summed E-state index contributed by atoms with van der Waals surface area (Å²) >= 11 is 3.19. The van der Waals surface area contributed by atoms with Crippen molar-refractivity contribution in [2.75, 3.05) is 6.54 Å². The van der Waals surface area contributed by atoms with Gasteiger partial charge >= 0.3 is 0 Å². The molecule has 0 radical (unpaired) electrons. The van der Waals surface area contributed by atoms with Gasteiger partial charge in [0.1, 0.15) is 4.47 Å². The van der Waals surface area contributed by atoms with Gasteiger partial charge in [-0.2, -0.15) is 0 Å². The van der Waals surface area contributed by atoms with Gasteiger partial charge in [0.25, 0.3) is 11.6 Å². The van der Waals surface area contributed by atoms with E-state index in [0.717, 1.165) is 19.4 Å². The van der Waals surface area contributed by atoms with Crippen molar-refractivity contribution in [3.8, 4) is 0 Å². The second-order valence-corrected chi connectivity index (χ2v) is 5.98. The Labute approximate surface area is 118 Å². The lowest BCUT2D eigenvalue weighted by Gasteiger charge is -2.27. The standard InChI is InChI=1S/C13H13BrN2O3/c14-12-10(2-1-3-11(12)16(18)19)13(17)15-7-8-4-5-9(15)6-8/h1-3,8-9H,4-7H2. The van der Waals surface area contributed by atoms with Crippen molar-refractivity contribution in [1.29, 1.82) is 0 Å². The minimum Gasteiger partial charge on any atom is -0.335 e. The van der Waals surface area contributed by atoms with E-state index in [1.807, 2.05) is 4.90 Å². The van der Waals surface area contributed by atoms with E-state index in [4.69, 9.17) is 0 Å². The molecular weight excluding hydrogens is 312 g/mol. The Hall–Kier alpha value is -1.43. The van der Waals surface area contributed by atoms with Gasteiger partial charge < -0.3 is 4.90 Å². The van der Waals surface area contributed by atoms with E-state index >= 15 is 0 Å². The average Bonchev–Trinajstić information content (AvgIpc) is 3.00. The first kappa shape index (κ1) is 12.6. The lowest BCUT2D eigenvalue weighted by molar-refractivity contribution is -0.385. The Morgan fingerprint density at radius 3 is 2.79 bits per heavy atom. The molecule has 1 saturated heterocycles. The number of piperidine rings is 1. The van der Waals surface area contributed by atoms with Crippen LogP contribution < -0.4 is 0 Å². The van der Waals surface area contributed by atoms with E-state index < -0.39 is 4.92 Å². The second-order valence-electron chi connectivity index (χ2n) is 5.19. The fourth-order valence-electron chi connectivity index (χ4n) is 3.15. The smallest absolute Gasteiger partial charge is 0.284 e. The molecule has 1 aliphatic carbocycles. The van der Waals surface area contributed by atoms with Crippen LogP contribution in [0.4, 0.5) is 5.69 Å². The van der Waals surface area contributed by atoms with Crippen molar-refractivity contribution >= 4 is 27.5 Å². The fourth-order valence-corrected chi connectivity index (χ4v) is 3.73. The van der Waals surface area contributed by atoms with Gasteiger partial charge in [-0.1, -0.05) is 6.07 Å². The van der Waals surface area contributed by atoms with Gasteiger partial charge in [-0.05, 0) is 47.2 Å². The zero-order valence-electron chi connectivity index (χ0n) is 10.2. The van der Waals surface area contributed by atoms with Gasteiger partial charge in [-0.15, -0.1) is 0 Å². The summed E-state index contributed by atoms with van der Waals surface area (Å²) in [6.07, 6.45) is 3.34. The lowest BCUT2D eigenvalue weighted by Crippen LogP contribution is -2.37. The Morgan fingerprint density at radius 2 is 2.21 bits per heavy atom. The summed E-state index contributed by atoms with van der Waals surface area (Å²) in [5, 5.41) is 10.9. The second kappa shape index (κ2) is 4.59. The molecule has 0 N–H and O–H groups in total. The molecule has 19 heavy (non-hydrogen) atoms. The molecule has 2 fully saturated rings. The molecule has 1 aromatic rings. The van der Waals surface area contributed by atoms with Crippen LogP contribution in [-0.4, -0.2) is 28.3 Å². The Morgan fingerprint density at radius 1 is 1.42 bits per heavy atom. The highest BCUT2D eigenvalue weighted by molar-refractivity contribution is 9.10. The van der Waals surface area contributed by atoms with Gasteiger partial charge in [-0.25, -0.2) is 0 Å². The number of amides is 1. The minimum atomic E-state index is -0.475. The maximum atomic E-state index is 12.5. The molecule has 2 unspecified atom stereocenters. The third-order valence-electron chi connectivity index (χ3n) is 4.08. The van der Waals surface area contributed by atoms with Gasteiger partial charge in [0.2, 0.25) is 0 Å². The van der Waals surface area contributed by atoms with Crippen LogP contribution in [0.2, 0.25) is 0 Å². The molecular formula is C13H13BrN2O3. The molecule has 1 aromatic carbocycles. The zero-order chi connectivity index (χ0) is 13.6. The van der Waals surface area contributed by atoms with E-state index in [2.05, 4.69) is 15.9 Å². The molecule has 100 valence electrons. The number of carbonyl (C=O) groups excluding carboxylic acids is 1. The van der Waals surface area contributed by atoms with Crippen molar-refractivity contribution in [1.82, 2.24) is 4.90 Å². The number of hydrogen-bond donors (Lipinski definition) is 0. The molecule has 1 saturated carbocycles. The first-order valence-electron chi connectivity index (χ1n) is 6.32. The molecule has 6 heteroatoms. The average molecular weight is 325 g/mol. The van der Waals surface area contributed by atoms with Crippen LogP contribution in [0.15, 0.2) is 22.7 Å². The molecule has 2 aliphatic rings. The normalized spacial score (nSPS) is 24.8. The predicted octanol–water partition coefficient (Wildman–Crippen LogP) is 2.98. The lowest BCUT2D eigenvalue weighted by atomic mass is 10.1. The van der Waals surface area contributed by atoms with Crippen molar-refractivity contribution < 1.29 is 9.72 Å². The van der Waals surface area contributed by atoms with Crippen molar-refractivity contribution in [3.63, 3.8) is 0 Å². The molecule has 1 amide bonds. The van der Waals surface area contributed by atoms with E-state index in [9.17, 15) is 14.9 Å². The molecule has 0 spiro atoms. The number of halogens is 1. The highest BCUT2D eigenvalue weighted by Crippen LogP contribution is 2.39. The van der Waals surface area contributed by atoms with Crippen LogP contribution in [0.5, 0.6) is 0 Å². The quantitative estimate of drug-likeness (QED) is 0.620. The Bertz CT molecular complexity index is 561. The maximum absolute atomic E-state index is 12.5. The SMILES string of the molecule is O=C(c1cccc([N+](=O)[O-])c1Br)N1CC2CCC1C2. The van der Waals surface area contributed by atoms with Gasteiger partial charge in [0.05, 0.1) is 10.5 Å². The monoisotopic (exact) mass is 324 g/mol. The van der Waals surface area contributed by atoms with Gasteiger partial charge in [0.15, 0.2) is 0 Å². The number of nitro benzene ring substituents is 1. The predicted molar refractivity (Wildman–Crippen MR) is 73.0 cm³/mol. The summed E-state index contributed by atoms with van der Waals surface area (Å²) < 4.78 is 0.285. The minimum absolute atomic E-state index is 0.0600. The van der Waals surface area contributed by atoms with Crippen LogP contribution in [0.1, 0.15) is 29.6 Å². The summed E-state index contributed by atoms with van der Waals surface area (Å²) in [6.45, 7) is 0.790. The van der Waals surface area contributed by atoms with Crippen LogP contribution in [0.3, 0.4) is 0 Å². The van der Waals surface area contributed by atoms with Crippen LogP contribution in [0.25, 0.3) is 0 Å². The highest BCUT2D eigenvalue weighted by Gasteiger charge is 2.41. The molecule has 2 bridgehead atoms. The molecule has 3 rings (SSSR count). The number of nitro groups is 1. The van der Waals surface area contributed by atoms with E-state index in [0.29, 0.717) is 17.5 Å². The Kier molecular flexibility index (Phi) is 3.05. The topological polar surface area (TPSA) is 63.4 Å². The fraction of sp³-hybridized carbons (Fsp3) is 0.462. The van der Waals surface area contributed by atoms with E-state index in [-0.39, 0.29) is 16.1 Å². The summed E-state index contributed by atoms with van der Waals surface area (Å²) in [6, 6.07) is 4.93. The molecule has 5 nitrogen and oxygen atoms in total. The third-order valence-corrected chi connectivity index (χ3v) is 4.91. The van der Waals surface area contributed by atoms with Crippen LogP contribution >= 0.6 is 15.9 Å². The number of likely N-dealkylation sites (tertiary alicyclic amines) is 1. The molecule has 1 aliphatic heterocycles. The zero-order valence-corrected chi connectivity index (χ0v) is 11.8. The van der Waals surface area contributed by atoms with E-state index in [1.54, 1.807) is 12.1 Å². The highest BCUT2D eigenvalue weighted by atomic mass is 79.9. The van der Waals surface area contributed by atoms with Crippen LogP contribution in [-0.2, 0) is 0 Å². The first-order valence-corrected chi connectivity index (χ1v) is 7.11. The summed E-state index contributed by atoms with van der Waals surface area (Å²) in [4.78, 5) is 24.8. The van der Waals surface area contributed by atoms with Gasteiger partial charge in [0, 0.05) is 18.7 Å². The van der Waals surface area contributed by atoms with E-state index in [1.165, 1.54) is 12.5 Å². The number of hydrogen-bond acceptors (Lipinski definition) is 3. The Balaban J connectivity index is 1.92. The summed E-state index contributed by atoms with van der Waals surface area (Å²) in [5.41, 5.74) is 0.331. The van der Waals surface area contributed by atoms with Gasteiger partial charge in [-0.3, -0.25) is 14.9 Å². The number of rotatable bonds is 2. The summed E-state index contributed by atoms with van der Waals surface area (Å²) in [5.74, 6) is 0.522. The largest absolute Gasteiger partial charge is 0.335 e.